The second-order valence-electron chi connectivity index (χ2n) is 15.9. The predicted octanol–water partition coefficient (Wildman–Crippen LogP) is 6.27. The van der Waals surface area contributed by atoms with Crippen LogP contribution in [0.2, 0.25) is 0 Å². The summed E-state index contributed by atoms with van der Waals surface area (Å²) < 4.78 is 35.4. The summed E-state index contributed by atoms with van der Waals surface area (Å²) in [4.78, 5) is 81.1. The molecule has 3 atom stereocenters. The lowest BCUT2D eigenvalue weighted by Crippen LogP contribution is -2.55. The van der Waals surface area contributed by atoms with Crippen LogP contribution in [0, 0.1) is 5.92 Å². The third-order valence-corrected chi connectivity index (χ3v) is 12.9. The van der Waals surface area contributed by atoms with Crippen LogP contribution in [0.1, 0.15) is 77.8 Å². The van der Waals surface area contributed by atoms with Crippen LogP contribution in [0.5, 0.6) is 0 Å². The molecule has 0 radical (unpaired) electrons. The smallest absolute Gasteiger partial charge is 0.407 e. The first-order chi connectivity index (χ1) is 31.3. The maximum absolute atomic E-state index is 14.3. The van der Waals surface area contributed by atoms with E-state index in [0.29, 0.717) is 29.4 Å². The second kappa shape index (κ2) is 24.8. The van der Waals surface area contributed by atoms with Gasteiger partial charge in [0.05, 0.1) is 6.04 Å². The van der Waals surface area contributed by atoms with Crippen LogP contribution in [0.3, 0.4) is 0 Å². The lowest BCUT2D eigenvalue weighted by Gasteiger charge is -2.33. The summed E-state index contributed by atoms with van der Waals surface area (Å²) in [5.74, 6) is -3.37. The van der Waals surface area contributed by atoms with Gasteiger partial charge in [0.1, 0.15) is 25.0 Å². The highest BCUT2D eigenvalue weighted by atomic mass is 31.2. The molecule has 1 heterocycles. The predicted molar refractivity (Wildman–Crippen MR) is 244 cm³/mol. The molecule has 17 nitrogen and oxygen atoms in total. The summed E-state index contributed by atoms with van der Waals surface area (Å²) in [6, 6.07) is 26.8. The normalized spacial score (nSPS) is 13.8. The van der Waals surface area contributed by atoms with Gasteiger partial charge in [-0.1, -0.05) is 98.8 Å². The Kier molecular flexibility index (Phi) is 19.0. The number of benzene rings is 4. The Morgan fingerprint density at radius 1 is 0.631 bits per heavy atom. The third kappa shape index (κ3) is 14.4. The minimum atomic E-state index is -4.01. The molecule has 1 aliphatic rings. The van der Waals surface area contributed by atoms with Gasteiger partial charge in [-0.2, -0.15) is 0 Å². The van der Waals surface area contributed by atoms with Crippen molar-refractivity contribution in [3.8, 4) is 0 Å². The van der Waals surface area contributed by atoms with Crippen molar-refractivity contribution in [1.29, 1.82) is 0 Å². The van der Waals surface area contributed by atoms with E-state index in [0.717, 1.165) is 21.4 Å². The Morgan fingerprint density at radius 2 is 1.17 bits per heavy atom. The first-order valence-corrected chi connectivity index (χ1v) is 23.3. The number of nitrogens with one attached hydrogen (secondary N) is 5. The van der Waals surface area contributed by atoms with E-state index in [1.807, 2.05) is 86.6 Å². The lowest BCUT2D eigenvalue weighted by molar-refractivity contribution is -0.130. The molecule has 5 N–H and O–H groups in total. The van der Waals surface area contributed by atoms with Crippen molar-refractivity contribution in [1.82, 2.24) is 31.5 Å². The number of imide groups is 1. The molecule has 4 aromatic carbocycles. The van der Waals surface area contributed by atoms with Gasteiger partial charge in [-0.05, 0) is 66.7 Å². The molecule has 0 aliphatic carbocycles. The number of ether oxygens (including phenoxy) is 2. The zero-order chi connectivity index (χ0) is 46.8. The van der Waals surface area contributed by atoms with Gasteiger partial charge in [-0.15, -0.1) is 0 Å². The number of carbonyl (C=O) groups excluding carboxylic acids is 6. The van der Waals surface area contributed by atoms with Gasteiger partial charge < -0.3 is 39.8 Å². The fourth-order valence-corrected chi connectivity index (χ4v) is 8.83. The third-order valence-electron chi connectivity index (χ3n) is 10.7. The topological polar surface area (TPSA) is 220 Å². The van der Waals surface area contributed by atoms with Crippen molar-refractivity contribution in [3.05, 3.63) is 119 Å². The highest BCUT2D eigenvalue weighted by Gasteiger charge is 2.40. The molecule has 0 fully saturated rings. The molecule has 0 spiro atoms. The number of alkyl carbamates (subject to hydrolysis) is 2. The molecule has 1 unspecified atom stereocenters. The van der Waals surface area contributed by atoms with E-state index >= 15 is 0 Å². The summed E-state index contributed by atoms with van der Waals surface area (Å²) in [7, 11) is -1.60. The molecule has 0 bridgehead atoms. The number of unbranched alkanes of at least 4 members (excludes halogenated alkanes) is 1. The van der Waals surface area contributed by atoms with Gasteiger partial charge in [0, 0.05) is 56.9 Å². The fraction of sp³-hybridized carbons (Fsp3) is 0.404. The zero-order valence-corrected chi connectivity index (χ0v) is 38.1. The van der Waals surface area contributed by atoms with Gasteiger partial charge >= 0.3 is 19.8 Å². The van der Waals surface area contributed by atoms with Crippen molar-refractivity contribution >= 4 is 54.2 Å². The highest BCUT2D eigenvalue weighted by Crippen LogP contribution is 2.52. The van der Waals surface area contributed by atoms with Crippen LogP contribution >= 0.6 is 7.60 Å². The van der Waals surface area contributed by atoms with Crippen LogP contribution in [0.15, 0.2) is 97.1 Å². The minimum Gasteiger partial charge on any atom is -0.445 e. The van der Waals surface area contributed by atoms with Gasteiger partial charge in [0.15, 0.2) is 0 Å². The Hall–Kier alpha value is -6.13. The van der Waals surface area contributed by atoms with Gasteiger partial charge in [-0.25, -0.2) is 9.59 Å². The Labute approximate surface area is 379 Å². The summed E-state index contributed by atoms with van der Waals surface area (Å²) in [6.07, 6.45) is -0.117. The van der Waals surface area contributed by atoms with E-state index in [1.54, 1.807) is 24.3 Å². The summed E-state index contributed by atoms with van der Waals surface area (Å²) >= 11 is 0. The monoisotopic (exact) mass is 914 g/mol. The first kappa shape index (κ1) is 49.9. The quantitative estimate of drug-likeness (QED) is 0.0283. The van der Waals surface area contributed by atoms with E-state index < -0.39 is 61.3 Å². The highest BCUT2D eigenvalue weighted by molar-refractivity contribution is 7.54. The fourth-order valence-electron chi connectivity index (χ4n) is 7.38. The number of rotatable bonds is 25. The average Bonchev–Trinajstić information content (AvgIpc) is 3.32. The molecule has 65 heavy (non-hydrogen) atoms. The van der Waals surface area contributed by atoms with Crippen LogP contribution in [-0.2, 0) is 45.9 Å². The number of hydrogen-bond acceptors (Lipinski definition) is 12. The van der Waals surface area contributed by atoms with Gasteiger partial charge in [0.2, 0.25) is 11.8 Å². The molecule has 4 aromatic rings. The molecule has 0 saturated heterocycles. The van der Waals surface area contributed by atoms with E-state index in [2.05, 4.69) is 26.6 Å². The molecule has 348 valence electrons. The van der Waals surface area contributed by atoms with Crippen molar-refractivity contribution in [3.63, 3.8) is 0 Å². The van der Waals surface area contributed by atoms with Crippen LogP contribution in [-0.4, -0.2) is 99.0 Å². The molecule has 0 aromatic heterocycles. The minimum absolute atomic E-state index is 0.0218. The Bertz CT molecular complexity index is 2240. The molecule has 1 aliphatic heterocycles. The maximum Gasteiger partial charge on any atom is 0.407 e. The number of nitrogens with zero attached hydrogens (tertiary/aromatic N) is 1. The van der Waals surface area contributed by atoms with E-state index in [9.17, 15) is 33.3 Å². The molecular weight excluding hydrogens is 856 g/mol. The molecule has 5 rings (SSSR count). The number of amides is 6. The molecule has 6 amide bonds. The SMILES string of the molecule is COP(=O)(OC)[C@@H](CCN1C(=O)c2cccc3cccc(c23)C1=O)N[C@@H](CC(C)C)C(=O)NC(CCCCNC(=O)OCc1ccccc1)C(=O)NCCNC(=O)OCc1ccccc1. The number of carbonyl (C=O) groups is 6. The van der Waals surface area contributed by atoms with Gasteiger partial charge in [-0.3, -0.25) is 34.0 Å². The summed E-state index contributed by atoms with van der Waals surface area (Å²) in [5, 5.41) is 15.4. The number of hydrogen-bond donors (Lipinski definition) is 5. The van der Waals surface area contributed by atoms with Crippen molar-refractivity contribution in [2.45, 2.75) is 77.0 Å². The standard InChI is InChI=1S/C47H59N6O11P/c1-32(2)29-39(51-40(65(60,61-3)62-4)24-28-53-44(56)36-21-13-19-35-20-14-22-37(41(35)36)45(53)57)43(55)52-38(23-11-12-25-49-46(58)63-30-33-15-7-5-8-16-33)42(54)48-26-27-50-47(59)64-31-34-17-9-6-10-18-34/h5-10,13-22,32,38-40,51H,11-12,23-31H2,1-4H3,(H,48,54)(H,49,58)(H,50,59)(H,52,55)/t38?,39-,40-/m0/s1. The molecular formula is C47H59N6O11P. The Morgan fingerprint density at radius 3 is 1.71 bits per heavy atom. The van der Waals surface area contributed by atoms with Crippen molar-refractivity contribution < 1.29 is 51.9 Å². The lowest BCUT2D eigenvalue weighted by atomic mass is 9.94. The molecule has 0 saturated carbocycles. The summed E-state index contributed by atoms with van der Waals surface area (Å²) in [6.45, 7) is 4.10. The van der Waals surface area contributed by atoms with E-state index in [-0.39, 0.29) is 64.6 Å². The van der Waals surface area contributed by atoms with Crippen molar-refractivity contribution in [2.24, 2.45) is 5.92 Å². The van der Waals surface area contributed by atoms with Crippen LogP contribution in [0.25, 0.3) is 10.8 Å². The van der Waals surface area contributed by atoms with Crippen LogP contribution < -0.4 is 26.6 Å². The average molecular weight is 915 g/mol. The second-order valence-corrected chi connectivity index (χ2v) is 18.3. The van der Waals surface area contributed by atoms with Crippen molar-refractivity contribution in [2.75, 3.05) is 40.4 Å². The Balaban J connectivity index is 1.24. The largest absolute Gasteiger partial charge is 0.445 e. The maximum atomic E-state index is 14.3. The van der Waals surface area contributed by atoms with E-state index in [1.165, 1.54) is 14.2 Å². The zero-order valence-electron chi connectivity index (χ0n) is 37.2. The first-order valence-electron chi connectivity index (χ1n) is 21.7. The summed E-state index contributed by atoms with van der Waals surface area (Å²) in [5.41, 5.74) is 2.38. The van der Waals surface area contributed by atoms with Gasteiger partial charge in [0.25, 0.3) is 11.8 Å². The van der Waals surface area contributed by atoms with Crippen LogP contribution in [0.4, 0.5) is 9.59 Å². The molecule has 18 heteroatoms. The van der Waals surface area contributed by atoms with E-state index in [4.69, 9.17) is 18.5 Å².